The van der Waals surface area contributed by atoms with E-state index in [1.807, 2.05) is 24.3 Å². The summed E-state index contributed by atoms with van der Waals surface area (Å²) in [4.78, 5) is 15.0. The second-order valence-corrected chi connectivity index (χ2v) is 4.97. The molecule has 1 N–H and O–H groups in total. The smallest absolute Gasteiger partial charge is 0.338 e. The summed E-state index contributed by atoms with van der Waals surface area (Å²) >= 11 is 5.86. The molecule has 0 saturated heterocycles. The molecular weight excluding hydrogens is 262 g/mol. The first kappa shape index (κ1) is 13.6. The number of hydrogen-bond donors (Lipinski definition) is 1. The zero-order chi connectivity index (χ0) is 14.0. The number of aromatic nitrogens is 1. The number of aromatic carboxylic acids is 1. The summed E-state index contributed by atoms with van der Waals surface area (Å²) in [6.07, 6.45) is 0. The first-order valence-electron chi connectivity index (χ1n) is 5.99. The first-order valence-corrected chi connectivity index (χ1v) is 6.37. The molecule has 0 radical (unpaired) electrons. The highest BCUT2D eigenvalue weighted by Gasteiger charge is 2.11. The molecule has 2 rings (SSSR count). The van der Waals surface area contributed by atoms with Crippen molar-refractivity contribution < 1.29 is 9.90 Å². The van der Waals surface area contributed by atoms with Gasteiger partial charge in [0.05, 0.1) is 11.3 Å². The fraction of sp³-hybridized carbons (Fsp3) is 0.200. The molecule has 0 aliphatic heterocycles. The molecule has 0 spiro atoms. The average Bonchev–Trinajstić information content (AvgIpc) is 2.38. The van der Waals surface area contributed by atoms with Gasteiger partial charge in [0.2, 0.25) is 0 Å². The predicted octanol–water partition coefficient (Wildman–Crippen LogP) is 4.22. The van der Waals surface area contributed by atoms with Crippen LogP contribution in [0.5, 0.6) is 0 Å². The van der Waals surface area contributed by atoms with Gasteiger partial charge in [-0.3, -0.25) is 0 Å². The Kier molecular flexibility index (Phi) is 3.86. The number of carboxylic acid groups (broad SMARTS) is 1. The van der Waals surface area contributed by atoms with E-state index in [2.05, 4.69) is 18.8 Å². The van der Waals surface area contributed by atoms with Crippen molar-refractivity contribution in [2.45, 2.75) is 19.8 Å². The molecule has 0 fully saturated rings. The maximum atomic E-state index is 10.9. The second kappa shape index (κ2) is 5.41. The number of rotatable bonds is 3. The van der Waals surface area contributed by atoms with E-state index in [-0.39, 0.29) is 10.7 Å². The molecule has 0 aliphatic rings. The lowest BCUT2D eigenvalue weighted by Gasteiger charge is -2.07. The van der Waals surface area contributed by atoms with Gasteiger partial charge in [-0.15, -0.1) is 0 Å². The van der Waals surface area contributed by atoms with Crippen LogP contribution in [0.15, 0.2) is 36.4 Å². The highest BCUT2D eigenvalue weighted by Crippen LogP contribution is 2.24. The van der Waals surface area contributed by atoms with Gasteiger partial charge in [-0.05, 0) is 23.6 Å². The van der Waals surface area contributed by atoms with Crippen LogP contribution in [0, 0.1) is 0 Å². The molecule has 3 nitrogen and oxygen atoms in total. The molecule has 1 heterocycles. The van der Waals surface area contributed by atoms with Crippen LogP contribution in [0.4, 0.5) is 0 Å². The fourth-order valence-electron chi connectivity index (χ4n) is 1.79. The number of carbonyl (C=O) groups is 1. The highest BCUT2D eigenvalue weighted by molar-refractivity contribution is 6.32. The summed E-state index contributed by atoms with van der Waals surface area (Å²) < 4.78 is 0. The minimum Gasteiger partial charge on any atom is -0.478 e. The van der Waals surface area contributed by atoms with E-state index < -0.39 is 5.97 Å². The summed E-state index contributed by atoms with van der Waals surface area (Å²) in [6.45, 7) is 4.26. The highest BCUT2D eigenvalue weighted by atomic mass is 35.5. The molecule has 0 aliphatic carbocycles. The normalized spacial score (nSPS) is 10.7. The largest absolute Gasteiger partial charge is 0.478 e. The third-order valence-electron chi connectivity index (χ3n) is 2.95. The van der Waals surface area contributed by atoms with Crippen LogP contribution in [0.25, 0.3) is 11.3 Å². The SMILES string of the molecule is CC(C)c1ccc(-c2ccc(C(=O)O)c(Cl)n2)cc1. The molecular formula is C15H14ClNO2. The Balaban J connectivity index is 2.37. The minimum absolute atomic E-state index is 0.0120. The van der Waals surface area contributed by atoms with Crippen molar-refractivity contribution in [1.82, 2.24) is 4.98 Å². The third-order valence-corrected chi connectivity index (χ3v) is 3.24. The fourth-order valence-corrected chi connectivity index (χ4v) is 2.03. The Morgan fingerprint density at radius 2 is 1.79 bits per heavy atom. The van der Waals surface area contributed by atoms with E-state index in [0.717, 1.165) is 5.56 Å². The Morgan fingerprint density at radius 3 is 2.26 bits per heavy atom. The van der Waals surface area contributed by atoms with Crippen molar-refractivity contribution in [3.63, 3.8) is 0 Å². The van der Waals surface area contributed by atoms with E-state index in [0.29, 0.717) is 11.6 Å². The van der Waals surface area contributed by atoms with Crippen LogP contribution >= 0.6 is 11.6 Å². The van der Waals surface area contributed by atoms with Crippen LogP contribution in [-0.2, 0) is 0 Å². The van der Waals surface area contributed by atoms with Crippen molar-refractivity contribution in [3.8, 4) is 11.3 Å². The quantitative estimate of drug-likeness (QED) is 0.853. The molecule has 98 valence electrons. The molecule has 19 heavy (non-hydrogen) atoms. The van der Waals surface area contributed by atoms with Gasteiger partial charge in [0, 0.05) is 5.56 Å². The number of hydrogen-bond acceptors (Lipinski definition) is 2. The van der Waals surface area contributed by atoms with Crippen LogP contribution in [0.2, 0.25) is 5.15 Å². The van der Waals surface area contributed by atoms with E-state index in [4.69, 9.17) is 16.7 Å². The Morgan fingerprint density at radius 1 is 1.16 bits per heavy atom. The van der Waals surface area contributed by atoms with E-state index in [1.54, 1.807) is 6.07 Å². The van der Waals surface area contributed by atoms with Crippen LogP contribution in [-0.4, -0.2) is 16.1 Å². The van der Waals surface area contributed by atoms with Crippen molar-refractivity contribution in [2.24, 2.45) is 0 Å². The van der Waals surface area contributed by atoms with Crippen LogP contribution in [0.3, 0.4) is 0 Å². The van der Waals surface area contributed by atoms with Crippen molar-refractivity contribution in [3.05, 3.63) is 52.7 Å². The van der Waals surface area contributed by atoms with Gasteiger partial charge < -0.3 is 5.11 Å². The Hall–Kier alpha value is -1.87. The molecule has 0 bridgehead atoms. The van der Waals surface area contributed by atoms with Crippen LogP contribution < -0.4 is 0 Å². The van der Waals surface area contributed by atoms with Gasteiger partial charge in [-0.25, -0.2) is 9.78 Å². The molecule has 4 heteroatoms. The molecule has 0 unspecified atom stereocenters. The molecule has 2 aromatic rings. The summed E-state index contributed by atoms with van der Waals surface area (Å²) in [5.74, 6) is -0.598. The lowest BCUT2D eigenvalue weighted by Crippen LogP contribution is -1.99. The zero-order valence-electron chi connectivity index (χ0n) is 10.7. The monoisotopic (exact) mass is 275 g/mol. The topological polar surface area (TPSA) is 50.2 Å². The van der Waals surface area contributed by atoms with Gasteiger partial charge in [-0.2, -0.15) is 0 Å². The lowest BCUT2D eigenvalue weighted by atomic mass is 10.0. The summed E-state index contributed by atoms with van der Waals surface area (Å²) in [6, 6.07) is 11.2. The van der Waals surface area contributed by atoms with Gasteiger partial charge in [0.15, 0.2) is 0 Å². The van der Waals surface area contributed by atoms with Gasteiger partial charge in [0.25, 0.3) is 0 Å². The maximum Gasteiger partial charge on any atom is 0.338 e. The average molecular weight is 276 g/mol. The number of pyridine rings is 1. The van der Waals surface area contributed by atoms with E-state index in [1.165, 1.54) is 11.6 Å². The number of benzene rings is 1. The first-order chi connectivity index (χ1) is 8.99. The van der Waals surface area contributed by atoms with Gasteiger partial charge in [0.1, 0.15) is 5.15 Å². The molecule has 1 aromatic carbocycles. The van der Waals surface area contributed by atoms with Gasteiger partial charge in [-0.1, -0.05) is 49.7 Å². The minimum atomic E-state index is -1.07. The van der Waals surface area contributed by atoms with Crippen molar-refractivity contribution >= 4 is 17.6 Å². The molecule has 0 saturated carbocycles. The van der Waals surface area contributed by atoms with E-state index in [9.17, 15) is 4.79 Å². The third kappa shape index (κ3) is 2.93. The number of nitrogens with zero attached hydrogens (tertiary/aromatic N) is 1. The van der Waals surface area contributed by atoms with Crippen molar-refractivity contribution in [1.29, 1.82) is 0 Å². The second-order valence-electron chi connectivity index (χ2n) is 4.62. The Labute approximate surface area is 116 Å². The predicted molar refractivity (Wildman–Crippen MR) is 75.7 cm³/mol. The van der Waals surface area contributed by atoms with Crippen molar-refractivity contribution in [2.75, 3.05) is 0 Å². The summed E-state index contributed by atoms with van der Waals surface area (Å²) in [5.41, 5.74) is 2.86. The number of carboxylic acids is 1. The van der Waals surface area contributed by atoms with Crippen LogP contribution in [0.1, 0.15) is 35.7 Å². The molecule has 1 aromatic heterocycles. The van der Waals surface area contributed by atoms with Gasteiger partial charge >= 0.3 is 5.97 Å². The standard InChI is InChI=1S/C15H14ClNO2/c1-9(2)10-3-5-11(6-4-10)13-8-7-12(15(18)19)14(16)17-13/h3-9H,1-2H3,(H,18,19). The summed E-state index contributed by atoms with van der Waals surface area (Å²) in [7, 11) is 0. The van der Waals surface area contributed by atoms with E-state index >= 15 is 0 Å². The number of halogens is 1. The Bertz CT molecular complexity index is 606. The molecule has 0 atom stereocenters. The maximum absolute atomic E-state index is 10.9. The lowest BCUT2D eigenvalue weighted by molar-refractivity contribution is 0.0696. The molecule has 0 amide bonds. The zero-order valence-corrected chi connectivity index (χ0v) is 11.5. The summed E-state index contributed by atoms with van der Waals surface area (Å²) in [5, 5.41) is 8.91.